The number of ether oxygens (including phenoxy) is 1. The van der Waals surface area contributed by atoms with Gasteiger partial charge >= 0.3 is 0 Å². The van der Waals surface area contributed by atoms with Crippen LogP contribution in [0.3, 0.4) is 0 Å². The zero-order chi connectivity index (χ0) is 14.5. The Morgan fingerprint density at radius 1 is 1.45 bits per heavy atom. The van der Waals surface area contributed by atoms with Gasteiger partial charge in [0.25, 0.3) is 5.91 Å². The van der Waals surface area contributed by atoms with Crippen LogP contribution in [0.25, 0.3) is 10.9 Å². The fraction of sp³-hybridized carbons (Fsp3) is 0.333. The van der Waals surface area contributed by atoms with Crippen molar-refractivity contribution in [1.82, 2.24) is 10.3 Å². The van der Waals surface area contributed by atoms with Crippen molar-refractivity contribution in [3.8, 4) is 0 Å². The van der Waals surface area contributed by atoms with Gasteiger partial charge in [-0.25, -0.2) is 4.98 Å². The molecule has 5 heteroatoms. The van der Waals surface area contributed by atoms with Gasteiger partial charge in [0.05, 0.1) is 23.7 Å². The third-order valence-electron chi connectivity index (χ3n) is 3.18. The molecule has 2 rings (SSSR count). The summed E-state index contributed by atoms with van der Waals surface area (Å²) in [4.78, 5) is 16.6. The Bertz CT molecular complexity index is 613. The second-order valence-corrected chi connectivity index (χ2v) is 4.65. The number of benzene rings is 1. The van der Waals surface area contributed by atoms with E-state index in [0.29, 0.717) is 18.0 Å². The van der Waals surface area contributed by atoms with E-state index in [4.69, 9.17) is 10.5 Å². The normalized spacial score (nSPS) is 12.3. The summed E-state index contributed by atoms with van der Waals surface area (Å²) in [6.07, 6.45) is 0.804. The molecule has 0 aliphatic rings. The van der Waals surface area contributed by atoms with E-state index in [1.165, 1.54) is 0 Å². The number of methoxy groups -OCH3 is 1. The molecule has 106 valence electrons. The number of nitrogens with one attached hydrogen (secondary N) is 1. The number of nitrogens with two attached hydrogens (primary N) is 1. The summed E-state index contributed by atoms with van der Waals surface area (Å²) in [5.74, 6) is 0.188. The molecule has 0 radical (unpaired) electrons. The first kappa shape index (κ1) is 14.3. The van der Waals surface area contributed by atoms with Crippen LogP contribution in [0, 0.1) is 0 Å². The van der Waals surface area contributed by atoms with Gasteiger partial charge in [-0.15, -0.1) is 0 Å². The maximum Gasteiger partial charge on any atom is 0.252 e. The minimum absolute atomic E-state index is 0.0133. The van der Waals surface area contributed by atoms with Crippen LogP contribution < -0.4 is 11.1 Å². The van der Waals surface area contributed by atoms with Gasteiger partial charge in [-0.1, -0.05) is 25.1 Å². The number of nitrogen functional groups attached to an aromatic ring is 1. The van der Waals surface area contributed by atoms with Gasteiger partial charge in [-0.05, 0) is 18.6 Å². The minimum atomic E-state index is -0.154. The molecule has 0 saturated heterocycles. The van der Waals surface area contributed by atoms with Crippen molar-refractivity contribution < 1.29 is 9.53 Å². The summed E-state index contributed by atoms with van der Waals surface area (Å²) >= 11 is 0. The zero-order valence-electron chi connectivity index (χ0n) is 11.7. The van der Waals surface area contributed by atoms with Crippen molar-refractivity contribution in [2.75, 3.05) is 19.5 Å². The van der Waals surface area contributed by atoms with Crippen molar-refractivity contribution in [2.45, 2.75) is 19.4 Å². The molecule has 1 aromatic carbocycles. The Labute approximate surface area is 118 Å². The van der Waals surface area contributed by atoms with Crippen molar-refractivity contribution >= 4 is 22.6 Å². The number of rotatable bonds is 5. The van der Waals surface area contributed by atoms with E-state index in [0.717, 1.165) is 17.3 Å². The van der Waals surface area contributed by atoms with E-state index in [9.17, 15) is 4.79 Å². The first-order chi connectivity index (χ1) is 9.65. The van der Waals surface area contributed by atoms with Crippen LogP contribution in [0.2, 0.25) is 0 Å². The van der Waals surface area contributed by atoms with E-state index >= 15 is 0 Å². The summed E-state index contributed by atoms with van der Waals surface area (Å²) < 4.78 is 5.09. The molecule has 3 N–H and O–H groups in total. The average Bonchev–Trinajstić information content (AvgIpc) is 2.45. The Morgan fingerprint density at radius 3 is 2.90 bits per heavy atom. The third kappa shape index (κ3) is 3.05. The number of nitrogens with zero attached hydrogens (tertiary/aromatic N) is 1. The van der Waals surface area contributed by atoms with Crippen LogP contribution in [0.4, 0.5) is 5.82 Å². The standard InChI is InChI=1S/C15H19N3O2/c1-3-10(9-20-2)17-15(19)12-8-14(16)18-13-7-5-4-6-11(12)13/h4-8,10H,3,9H2,1-2H3,(H2,16,18)(H,17,19). The van der Waals surface area contributed by atoms with Gasteiger partial charge in [0.1, 0.15) is 5.82 Å². The topological polar surface area (TPSA) is 77.2 Å². The lowest BCUT2D eigenvalue weighted by atomic mass is 10.1. The molecular weight excluding hydrogens is 254 g/mol. The third-order valence-corrected chi connectivity index (χ3v) is 3.18. The molecular formula is C15H19N3O2. The predicted molar refractivity (Wildman–Crippen MR) is 79.6 cm³/mol. The van der Waals surface area contributed by atoms with Gasteiger partial charge < -0.3 is 15.8 Å². The Hall–Kier alpha value is -2.14. The first-order valence-electron chi connectivity index (χ1n) is 6.60. The molecule has 0 saturated carbocycles. The van der Waals surface area contributed by atoms with Gasteiger partial charge in [0.15, 0.2) is 0 Å². The fourth-order valence-electron chi connectivity index (χ4n) is 2.11. The summed E-state index contributed by atoms with van der Waals surface area (Å²) in [7, 11) is 1.62. The number of carbonyl (C=O) groups excluding carboxylic acids is 1. The average molecular weight is 273 g/mol. The van der Waals surface area contributed by atoms with Crippen LogP contribution in [0.1, 0.15) is 23.7 Å². The van der Waals surface area contributed by atoms with Gasteiger partial charge in [0.2, 0.25) is 0 Å². The zero-order valence-corrected chi connectivity index (χ0v) is 11.7. The van der Waals surface area contributed by atoms with Gasteiger partial charge in [-0.2, -0.15) is 0 Å². The highest BCUT2D eigenvalue weighted by molar-refractivity contribution is 6.06. The van der Waals surface area contributed by atoms with E-state index in [2.05, 4.69) is 10.3 Å². The molecule has 2 aromatic rings. The molecule has 0 aliphatic carbocycles. The highest BCUT2D eigenvalue weighted by Gasteiger charge is 2.15. The first-order valence-corrected chi connectivity index (χ1v) is 6.60. The molecule has 1 amide bonds. The quantitative estimate of drug-likeness (QED) is 0.873. The molecule has 5 nitrogen and oxygen atoms in total. The fourth-order valence-corrected chi connectivity index (χ4v) is 2.11. The number of hydrogen-bond donors (Lipinski definition) is 2. The number of hydrogen-bond acceptors (Lipinski definition) is 4. The second-order valence-electron chi connectivity index (χ2n) is 4.65. The smallest absolute Gasteiger partial charge is 0.252 e. The number of pyridine rings is 1. The van der Waals surface area contributed by atoms with Crippen molar-refractivity contribution in [3.63, 3.8) is 0 Å². The second kappa shape index (κ2) is 6.34. The largest absolute Gasteiger partial charge is 0.384 e. The Morgan fingerprint density at radius 2 is 2.20 bits per heavy atom. The van der Waals surface area contributed by atoms with Crippen LogP contribution in [0.5, 0.6) is 0 Å². The van der Waals surface area contributed by atoms with E-state index in [1.54, 1.807) is 13.2 Å². The number of carbonyl (C=O) groups is 1. The number of anilines is 1. The summed E-state index contributed by atoms with van der Waals surface area (Å²) in [6, 6.07) is 9.06. The molecule has 1 aromatic heterocycles. The van der Waals surface area contributed by atoms with E-state index < -0.39 is 0 Å². The number of aromatic nitrogens is 1. The van der Waals surface area contributed by atoms with Crippen molar-refractivity contribution in [1.29, 1.82) is 0 Å². The van der Waals surface area contributed by atoms with Gasteiger partial charge in [0, 0.05) is 12.5 Å². The molecule has 1 atom stereocenters. The minimum Gasteiger partial charge on any atom is -0.384 e. The van der Waals surface area contributed by atoms with Crippen LogP contribution in [-0.4, -0.2) is 30.6 Å². The summed E-state index contributed by atoms with van der Waals surface area (Å²) in [5, 5.41) is 3.75. The van der Waals surface area contributed by atoms with Crippen LogP contribution >= 0.6 is 0 Å². The van der Waals surface area contributed by atoms with Crippen LogP contribution in [-0.2, 0) is 4.74 Å². The summed E-state index contributed by atoms with van der Waals surface area (Å²) in [5.41, 5.74) is 7.03. The van der Waals surface area contributed by atoms with Crippen molar-refractivity contribution in [3.05, 3.63) is 35.9 Å². The predicted octanol–water partition coefficient (Wildman–Crippen LogP) is 1.97. The molecule has 1 heterocycles. The number of amides is 1. The Balaban J connectivity index is 2.34. The molecule has 1 unspecified atom stereocenters. The lowest BCUT2D eigenvalue weighted by molar-refractivity contribution is 0.0896. The van der Waals surface area contributed by atoms with Gasteiger partial charge in [-0.3, -0.25) is 4.79 Å². The SMILES string of the molecule is CCC(COC)NC(=O)c1cc(N)nc2ccccc12. The molecule has 0 bridgehead atoms. The molecule has 0 fully saturated rings. The lowest BCUT2D eigenvalue weighted by Gasteiger charge is -2.16. The van der Waals surface area contributed by atoms with Crippen molar-refractivity contribution in [2.24, 2.45) is 0 Å². The monoisotopic (exact) mass is 273 g/mol. The highest BCUT2D eigenvalue weighted by atomic mass is 16.5. The van der Waals surface area contributed by atoms with E-state index in [-0.39, 0.29) is 11.9 Å². The lowest BCUT2D eigenvalue weighted by Crippen LogP contribution is -2.37. The molecule has 0 spiro atoms. The van der Waals surface area contributed by atoms with E-state index in [1.807, 2.05) is 31.2 Å². The number of para-hydroxylation sites is 1. The highest BCUT2D eigenvalue weighted by Crippen LogP contribution is 2.19. The molecule has 0 aliphatic heterocycles. The maximum absolute atomic E-state index is 12.4. The molecule has 20 heavy (non-hydrogen) atoms. The Kier molecular flexibility index (Phi) is 4.53. The summed E-state index contributed by atoms with van der Waals surface area (Å²) in [6.45, 7) is 2.49. The number of fused-ring (bicyclic) bond motifs is 1. The van der Waals surface area contributed by atoms with Crippen LogP contribution in [0.15, 0.2) is 30.3 Å². The maximum atomic E-state index is 12.4.